The van der Waals surface area contributed by atoms with Crippen LogP contribution < -0.4 is 5.32 Å². The molecular weight excluding hydrogens is 269 g/mol. The zero-order valence-electron chi connectivity index (χ0n) is 11.0. The van der Waals surface area contributed by atoms with Gasteiger partial charge in [-0.25, -0.2) is 0 Å². The fraction of sp³-hybridized carbons (Fsp3) is 0.500. The van der Waals surface area contributed by atoms with Crippen LogP contribution in [0.25, 0.3) is 0 Å². The Morgan fingerprint density at radius 1 is 1.45 bits per heavy atom. The van der Waals surface area contributed by atoms with Gasteiger partial charge in [-0.2, -0.15) is 18.4 Å². The maximum atomic E-state index is 12.8. The van der Waals surface area contributed by atoms with E-state index in [2.05, 4.69) is 5.32 Å². The Morgan fingerprint density at radius 3 is 2.75 bits per heavy atom. The van der Waals surface area contributed by atoms with Crippen LogP contribution in [0.4, 0.5) is 18.9 Å². The average Bonchev–Trinajstić information content (AvgIpc) is 2.82. The standard InChI is InChI=1S/C14H15F3N2O/c1-13(5-2-6-20-13)9-19-11-4-3-10(8-18)12(7-11)14(15,16)17/h3-4,7,19H,2,5-6,9H2,1H3. The molecule has 1 saturated heterocycles. The van der Waals surface area contributed by atoms with E-state index < -0.39 is 11.7 Å². The lowest BCUT2D eigenvalue weighted by Gasteiger charge is -2.24. The molecule has 1 aromatic carbocycles. The van der Waals surface area contributed by atoms with Gasteiger partial charge in [0.1, 0.15) is 0 Å². The lowest BCUT2D eigenvalue weighted by molar-refractivity contribution is -0.137. The number of halogens is 3. The van der Waals surface area contributed by atoms with Gasteiger partial charge in [0.25, 0.3) is 0 Å². The Balaban J connectivity index is 2.15. The SMILES string of the molecule is CC1(CNc2ccc(C#N)c(C(F)(F)F)c2)CCCO1. The third-order valence-electron chi connectivity index (χ3n) is 3.41. The van der Waals surface area contributed by atoms with Gasteiger partial charge >= 0.3 is 6.18 Å². The van der Waals surface area contributed by atoms with Gasteiger partial charge < -0.3 is 10.1 Å². The van der Waals surface area contributed by atoms with Gasteiger partial charge in [-0.1, -0.05) is 0 Å². The molecule has 1 N–H and O–H groups in total. The zero-order chi connectivity index (χ0) is 14.8. The van der Waals surface area contributed by atoms with Crippen molar-refractivity contribution in [3.05, 3.63) is 29.3 Å². The minimum absolute atomic E-state index is 0.341. The molecule has 1 heterocycles. The first-order valence-electron chi connectivity index (χ1n) is 6.33. The zero-order valence-corrected chi connectivity index (χ0v) is 11.0. The molecule has 0 saturated carbocycles. The van der Waals surface area contributed by atoms with E-state index in [-0.39, 0.29) is 11.2 Å². The van der Waals surface area contributed by atoms with E-state index in [0.29, 0.717) is 18.8 Å². The highest BCUT2D eigenvalue weighted by Crippen LogP contribution is 2.34. The van der Waals surface area contributed by atoms with Crippen molar-refractivity contribution >= 4 is 5.69 Å². The van der Waals surface area contributed by atoms with E-state index in [4.69, 9.17) is 10.00 Å². The molecule has 0 aromatic heterocycles. The summed E-state index contributed by atoms with van der Waals surface area (Å²) in [5, 5.41) is 11.7. The number of benzene rings is 1. The number of nitrogens with one attached hydrogen (secondary N) is 1. The maximum absolute atomic E-state index is 12.8. The quantitative estimate of drug-likeness (QED) is 0.923. The molecule has 2 rings (SSSR count). The number of anilines is 1. The van der Waals surface area contributed by atoms with Gasteiger partial charge in [-0.05, 0) is 38.0 Å². The normalized spacial score (nSPS) is 22.6. The highest BCUT2D eigenvalue weighted by molar-refractivity contribution is 5.53. The van der Waals surface area contributed by atoms with Crippen LogP contribution in [-0.4, -0.2) is 18.8 Å². The number of nitriles is 1. The van der Waals surface area contributed by atoms with Crippen molar-refractivity contribution in [2.45, 2.75) is 31.5 Å². The molecule has 6 heteroatoms. The summed E-state index contributed by atoms with van der Waals surface area (Å²) >= 11 is 0. The van der Waals surface area contributed by atoms with Crippen LogP contribution in [0.3, 0.4) is 0 Å². The molecule has 1 aliphatic heterocycles. The number of ether oxygens (including phenoxy) is 1. The fourth-order valence-electron chi connectivity index (χ4n) is 2.25. The Kier molecular flexibility index (Phi) is 3.91. The molecule has 1 unspecified atom stereocenters. The van der Waals surface area contributed by atoms with E-state index in [1.54, 1.807) is 6.07 Å². The van der Waals surface area contributed by atoms with Crippen LogP contribution in [-0.2, 0) is 10.9 Å². The van der Waals surface area contributed by atoms with Crippen molar-refractivity contribution in [1.29, 1.82) is 5.26 Å². The summed E-state index contributed by atoms with van der Waals surface area (Å²) in [7, 11) is 0. The van der Waals surface area contributed by atoms with Crippen molar-refractivity contribution < 1.29 is 17.9 Å². The summed E-state index contributed by atoms with van der Waals surface area (Å²) in [6.45, 7) is 3.05. The predicted molar refractivity (Wildman–Crippen MR) is 68.2 cm³/mol. The topological polar surface area (TPSA) is 45.0 Å². The summed E-state index contributed by atoms with van der Waals surface area (Å²) in [4.78, 5) is 0. The molecule has 3 nitrogen and oxygen atoms in total. The van der Waals surface area contributed by atoms with Gasteiger partial charge in [0.05, 0.1) is 22.8 Å². The predicted octanol–water partition coefficient (Wildman–Crippen LogP) is 3.56. The van der Waals surface area contributed by atoms with Gasteiger partial charge in [0.2, 0.25) is 0 Å². The molecule has 0 amide bonds. The van der Waals surface area contributed by atoms with Crippen molar-refractivity contribution in [3.63, 3.8) is 0 Å². The number of alkyl halides is 3. The van der Waals surface area contributed by atoms with Crippen LogP contribution in [0, 0.1) is 11.3 Å². The van der Waals surface area contributed by atoms with E-state index in [0.717, 1.165) is 18.9 Å². The lowest BCUT2D eigenvalue weighted by atomic mass is 10.0. The van der Waals surface area contributed by atoms with Gasteiger partial charge in [0.15, 0.2) is 0 Å². The fourth-order valence-corrected chi connectivity index (χ4v) is 2.25. The molecule has 20 heavy (non-hydrogen) atoms. The molecular formula is C14H15F3N2O. The van der Waals surface area contributed by atoms with E-state index in [1.807, 2.05) is 6.92 Å². The van der Waals surface area contributed by atoms with Crippen molar-refractivity contribution in [1.82, 2.24) is 0 Å². The molecule has 0 spiro atoms. The molecule has 1 aromatic rings. The Morgan fingerprint density at radius 2 is 2.20 bits per heavy atom. The summed E-state index contributed by atoms with van der Waals surface area (Å²) in [6.07, 6.45) is -2.70. The van der Waals surface area contributed by atoms with E-state index >= 15 is 0 Å². The Labute approximate surface area is 115 Å². The highest BCUT2D eigenvalue weighted by Gasteiger charge is 2.34. The smallest absolute Gasteiger partial charge is 0.382 e. The van der Waals surface area contributed by atoms with Crippen molar-refractivity contribution in [2.75, 3.05) is 18.5 Å². The molecule has 108 valence electrons. The second-order valence-electron chi connectivity index (χ2n) is 5.13. The third-order valence-corrected chi connectivity index (χ3v) is 3.41. The number of nitrogens with zero attached hydrogens (tertiary/aromatic N) is 1. The lowest BCUT2D eigenvalue weighted by Crippen LogP contribution is -2.32. The largest absolute Gasteiger partial charge is 0.417 e. The van der Waals surface area contributed by atoms with Crippen LogP contribution >= 0.6 is 0 Å². The average molecular weight is 284 g/mol. The summed E-state index contributed by atoms with van der Waals surface area (Å²) in [5.41, 5.74) is -1.28. The van der Waals surface area contributed by atoms with E-state index in [9.17, 15) is 13.2 Å². The van der Waals surface area contributed by atoms with Crippen LogP contribution in [0.1, 0.15) is 30.9 Å². The second-order valence-corrected chi connectivity index (χ2v) is 5.13. The van der Waals surface area contributed by atoms with Crippen molar-refractivity contribution in [3.8, 4) is 6.07 Å². The first-order chi connectivity index (χ1) is 9.34. The monoisotopic (exact) mass is 284 g/mol. The summed E-state index contributed by atoms with van der Waals surface area (Å²) in [5.74, 6) is 0. The minimum Gasteiger partial charge on any atom is -0.382 e. The minimum atomic E-state index is -4.53. The molecule has 1 aliphatic rings. The van der Waals surface area contributed by atoms with E-state index in [1.165, 1.54) is 12.1 Å². The highest BCUT2D eigenvalue weighted by atomic mass is 19.4. The Bertz CT molecular complexity index is 528. The summed E-state index contributed by atoms with van der Waals surface area (Å²) in [6, 6.07) is 5.19. The van der Waals surface area contributed by atoms with Crippen molar-refractivity contribution in [2.24, 2.45) is 0 Å². The maximum Gasteiger partial charge on any atom is 0.417 e. The summed E-state index contributed by atoms with van der Waals surface area (Å²) < 4.78 is 44.1. The first-order valence-corrected chi connectivity index (χ1v) is 6.33. The molecule has 1 atom stereocenters. The number of hydrogen-bond acceptors (Lipinski definition) is 3. The number of rotatable bonds is 3. The van der Waals surface area contributed by atoms with Crippen LogP contribution in [0.5, 0.6) is 0 Å². The second kappa shape index (κ2) is 5.33. The first kappa shape index (κ1) is 14.7. The van der Waals surface area contributed by atoms with Crippen LogP contribution in [0.15, 0.2) is 18.2 Å². The molecule has 0 aliphatic carbocycles. The molecule has 0 bridgehead atoms. The van der Waals surface area contributed by atoms with Gasteiger partial charge in [0, 0.05) is 18.8 Å². The van der Waals surface area contributed by atoms with Gasteiger partial charge in [-0.15, -0.1) is 0 Å². The van der Waals surface area contributed by atoms with Crippen LogP contribution in [0.2, 0.25) is 0 Å². The third kappa shape index (κ3) is 3.23. The number of hydrogen-bond donors (Lipinski definition) is 1. The molecule has 1 fully saturated rings. The Hall–Kier alpha value is -1.74. The van der Waals surface area contributed by atoms with Gasteiger partial charge in [-0.3, -0.25) is 0 Å². The molecule has 0 radical (unpaired) electrons.